The van der Waals surface area contributed by atoms with E-state index in [0.29, 0.717) is 17.8 Å². The van der Waals surface area contributed by atoms with Crippen LogP contribution in [0.2, 0.25) is 0 Å². The third-order valence-electron chi connectivity index (χ3n) is 6.59. The summed E-state index contributed by atoms with van der Waals surface area (Å²) in [5, 5.41) is 9.04. The van der Waals surface area contributed by atoms with Gasteiger partial charge in [-0.15, -0.1) is 0 Å². The number of alkyl halides is 3. The number of hydrogen-bond acceptors (Lipinski definition) is 5. The molecule has 0 N–H and O–H groups in total. The number of benzene rings is 1. The van der Waals surface area contributed by atoms with Crippen molar-refractivity contribution in [1.82, 2.24) is 4.90 Å². The molecule has 0 unspecified atom stereocenters. The number of carbonyl (C=O) groups excluding carboxylic acids is 1. The Morgan fingerprint density at radius 3 is 2.35 bits per heavy atom. The monoisotopic (exact) mass is 474 g/mol. The number of hydrogen-bond donors (Lipinski definition) is 0. The van der Waals surface area contributed by atoms with Crippen LogP contribution in [0.1, 0.15) is 52.7 Å². The zero-order valence-corrected chi connectivity index (χ0v) is 20.4. The number of amides is 1. The molecule has 0 bridgehead atoms. The first kappa shape index (κ1) is 25.5. The highest BCUT2D eigenvalue weighted by atomic mass is 19.4. The van der Waals surface area contributed by atoms with Crippen molar-refractivity contribution < 1.29 is 22.7 Å². The van der Waals surface area contributed by atoms with E-state index < -0.39 is 34.2 Å². The number of rotatable bonds is 4. The molecule has 0 spiro atoms. The van der Waals surface area contributed by atoms with Gasteiger partial charge < -0.3 is 9.64 Å². The van der Waals surface area contributed by atoms with Crippen molar-refractivity contribution in [3.63, 3.8) is 0 Å². The first-order valence-electron chi connectivity index (χ1n) is 10.9. The van der Waals surface area contributed by atoms with Gasteiger partial charge in [-0.2, -0.15) is 18.4 Å². The number of carbonyl (C=O) groups is 1. The summed E-state index contributed by atoms with van der Waals surface area (Å²) in [5.41, 5.74) is -0.711. The molecule has 6 nitrogen and oxygen atoms in total. The van der Waals surface area contributed by atoms with Crippen molar-refractivity contribution in [1.29, 1.82) is 5.26 Å². The molecule has 1 aliphatic carbocycles. The standard InChI is InChI=1S/C25H29F3N4O2/c1-14(2)31-12-17-19(30-7)13-32(20(17)33)21-23(3,4)22(24(21,5)6)34-16-9-8-15(11-29)18(10-16)25(26,27)28/h8-10,12,21-22H,13H2,1-7H3/b17-12+,30-19?. The van der Waals surface area contributed by atoms with Gasteiger partial charge >= 0.3 is 6.18 Å². The van der Waals surface area contributed by atoms with Crippen molar-refractivity contribution in [2.75, 3.05) is 13.6 Å². The first-order chi connectivity index (χ1) is 15.7. The summed E-state index contributed by atoms with van der Waals surface area (Å²) in [4.78, 5) is 23.6. The van der Waals surface area contributed by atoms with Crippen LogP contribution in [0.25, 0.3) is 0 Å². The van der Waals surface area contributed by atoms with Crippen LogP contribution in [-0.4, -0.2) is 48.0 Å². The van der Waals surface area contributed by atoms with Crippen LogP contribution < -0.4 is 4.74 Å². The van der Waals surface area contributed by atoms with Crippen LogP contribution >= 0.6 is 0 Å². The van der Waals surface area contributed by atoms with Gasteiger partial charge in [0, 0.05) is 35.8 Å². The maximum absolute atomic E-state index is 13.4. The summed E-state index contributed by atoms with van der Waals surface area (Å²) in [7, 11) is 1.63. The van der Waals surface area contributed by atoms with Gasteiger partial charge in [-0.05, 0) is 32.0 Å². The maximum Gasteiger partial charge on any atom is 0.417 e. The molecule has 182 valence electrons. The second-order valence-corrected chi connectivity index (χ2v) is 10.1. The maximum atomic E-state index is 13.4. The molecule has 1 aliphatic heterocycles. The smallest absolute Gasteiger partial charge is 0.417 e. The largest absolute Gasteiger partial charge is 0.489 e. The Balaban J connectivity index is 1.92. The van der Waals surface area contributed by atoms with E-state index in [1.165, 1.54) is 6.07 Å². The molecular formula is C25H29F3N4O2. The van der Waals surface area contributed by atoms with Crippen molar-refractivity contribution in [2.45, 2.75) is 59.9 Å². The van der Waals surface area contributed by atoms with Crippen LogP contribution in [0, 0.1) is 22.2 Å². The fraction of sp³-hybridized carbons (Fsp3) is 0.520. The van der Waals surface area contributed by atoms with Gasteiger partial charge in [-0.1, -0.05) is 27.7 Å². The average molecular weight is 475 g/mol. The number of nitriles is 1. The second kappa shape index (κ2) is 8.57. The molecule has 1 heterocycles. The average Bonchev–Trinajstić information content (AvgIpc) is 3.03. The zero-order valence-electron chi connectivity index (χ0n) is 20.4. The summed E-state index contributed by atoms with van der Waals surface area (Å²) in [6, 6.07) is 4.70. The Morgan fingerprint density at radius 1 is 1.24 bits per heavy atom. The van der Waals surface area contributed by atoms with Gasteiger partial charge in [0.1, 0.15) is 11.9 Å². The van der Waals surface area contributed by atoms with Crippen LogP contribution in [0.15, 0.2) is 40.0 Å². The quantitative estimate of drug-likeness (QED) is 0.453. The van der Waals surface area contributed by atoms with E-state index >= 15 is 0 Å². The molecule has 1 aromatic rings. The lowest BCUT2D eigenvalue weighted by molar-refractivity contribution is -0.206. The van der Waals surface area contributed by atoms with Gasteiger partial charge in [0.15, 0.2) is 0 Å². The van der Waals surface area contributed by atoms with Crippen LogP contribution in [0.4, 0.5) is 13.2 Å². The molecular weight excluding hydrogens is 445 g/mol. The predicted molar refractivity (Wildman–Crippen MR) is 124 cm³/mol. The minimum Gasteiger partial charge on any atom is -0.489 e. The SMILES string of the molecule is CN=C1CN(C2C(C)(C)C(Oc3ccc(C#N)c(C(F)(F)F)c3)C2(C)C)C(=O)/C1=C/N=C(C)C. The Kier molecular flexibility index (Phi) is 6.42. The normalized spacial score (nSPS) is 25.8. The van der Waals surface area contributed by atoms with E-state index in [2.05, 4.69) is 9.98 Å². The number of aliphatic imine (C=N–C) groups is 2. The van der Waals surface area contributed by atoms with Gasteiger partial charge in [-0.25, -0.2) is 0 Å². The van der Waals surface area contributed by atoms with Gasteiger partial charge in [-0.3, -0.25) is 14.8 Å². The third kappa shape index (κ3) is 4.22. The number of halogens is 3. The van der Waals surface area contributed by atoms with E-state index in [1.807, 2.05) is 41.5 Å². The van der Waals surface area contributed by atoms with E-state index in [1.54, 1.807) is 24.2 Å². The Hall–Kier alpha value is -3.15. The molecule has 1 amide bonds. The van der Waals surface area contributed by atoms with Crippen LogP contribution in [0.5, 0.6) is 5.75 Å². The molecule has 3 rings (SSSR count). The van der Waals surface area contributed by atoms with Crippen molar-refractivity contribution >= 4 is 17.3 Å². The molecule has 0 radical (unpaired) electrons. The minimum atomic E-state index is -4.67. The van der Waals surface area contributed by atoms with Crippen molar-refractivity contribution in [2.24, 2.45) is 20.8 Å². The Labute approximate surface area is 197 Å². The molecule has 9 heteroatoms. The molecule has 0 atom stereocenters. The van der Waals surface area contributed by atoms with Gasteiger partial charge in [0.25, 0.3) is 5.91 Å². The molecule has 2 fully saturated rings. The molecule has 0 aromatic heterocycles. The lowest BCUT2D eigenvalue weighted by Gasteiger charge is -2.65. The first-order valence-corrected chi connectivity index (χ1v) is 10.9. The summed E-state index contributed by atoms with van der Waals surface area (Å²) >= 11 is 0. The van der Waals surface area contributed by atoms with E-state index in [9.17, 15) is 18.0 Å². The van der Waals surface area contributed by atoms with Crippen molar-refractivity contribution in [3.05, 3.63) is 41.1 Å². The number of ether oxygens (including phenoxy) is 1. The number of likely N-dealkylation sites (tertiary alicyclic amines) is 1. The summed E-state index contributed by atoms with van der Waals surface area (Å²) in [6.45, 7) is 11.8. The molecule has 2 aliphatic rings. The van der Waals surface area contributed by atoms with Gasteiger partial charge in [0.2, 0.25) is 0 Å². The summed E-state index contributed by atoms with van der Waals surface area (Å²) in [5.74, 6) is -0.138. The minimum absolute atomic E-state index is 0.0350. The lowest BCUT2D eigenvalue weighted by Crippen LogP contribution is -2.74. The fourth-order valence-corrected chi connectivity index (χ4v) is 5.60. The second-order valence-electron chi connectivity index (χ2n) is 10.1. The highest BCUT2D eigenvalue weighted by molar-refractivity contribution is 6.27. The third-order valence-corrected chi connectivity index (χ3v) is 6.59. The number of nitrogens with zero attached hydrogens (tertiary/aromatic N) is 4. The molecule has 1 saturated heterocycles. The van der Waals surface area contributed by atoms with Crippen LogP contribution in [0.3, 0.4) is 0 Å². The summed E-state index contributed by atoms with van der Waals surface area (Å²) < 4.78 is 46.3. The summed E-state index contributed by atoms with van der Waals surface area (Å²) in [6.07, 6.45) is -3.60. The van der Waals surface area contributed by atoms with Crippen molar-refractivity contribution in [3.8, 4) is 11.8 Å². The Morgan fingerprint density at radius 2 is 1.85 bits per heavy atom. The van der Waals surface area contributed by atoms with Gasteiger partial charge in [0.05, 0.1) is 35.0 Å². The zero-order chi connectivity index (χ0) is 25.6. The molecule has 1 saturated carbocycles. The Bertz CT molecular complexity index is 1120. The lowest BCUT2D eigenvalue weighted by atomic mass is 9.49. The molecule has 1 aromatic carbocycles. The fourth-order valence-electron chi connectivity index (χ4n) is 5.60. The topological polar surface area (TPSA) is 78.0 Å². The molecule has 34 heavy (non-hydrogen) atoms. The predicted octanol–water partition coefficient (Wildman–Crippen LogP) is 5.04. The van der Waals surface area contributed by atoms with E-state index in [0.717, 1.165) is 17.8 Å². The van der Waals surface area contributed by atoms with E-state index in [-0.39, 0.29) is 17.7 Å². The highest BCUT2D eigenvalue weighted by Gasteiger charge is 2.67. The van der Waals surface area contributed by atoms with Crippen LogP contribution in [-0.2, 0) is 11.0 Å². The van der Waals surface area contributed by atoms with E-state index in [4.69, 9.17) is 10.00 Å². The highest BCUT2D eigenvalue weighted by Crippen LogP contribution is 2.58.